The number of morpholine rings is 1. The summed E-state index contributed by atoms with van der Waals surface area (Å²) in [6.07, 6.45) is -4.70. The molecule has 4 aromatic rings. The molecule has 2 bridgehead atoms. The molecule has 11 aliphatic rings. The van der Waals surface area contributed by atoms with Crippen molar-refractivity contribution in [2.45, 2.75) is 130 Å². The third kappa shape index (κ3) is 7.69. The van der Waals surface area contributed by atoms with Crippen LogP contribution >= 0.6 is 0 Å². The summed E-state index contributed by atoms with van der Waals surface area (Å²) in [5.74, 6) is -3.23. The summed E-state index contributed by atoms with van der Waals surface area (Å²) < 4.78 is 55.4. The topological polar surface area (TPSA) is 234 Å². The lowest BCUT2D eigenvalue weighted by atomic mass is 9.72. The van der Waals surface area contributed by atoms with Gasteiger partial charge in [0.05, 0.1) is 67.9 Å². The van der Waals surface area contributed by atoms with Gasteiger partial charge in [-0.25, -0.2) is 4.79 Å². The van der Waals surface area contributed by atoms with E-state index in [0.717, 1.165) is 28.7 Å². The van der Waals surface area contributed by atoms with Gasteiger partial charge in [-0.3, -0.25) is 24.2 Å². The molecule has 1 unspecified atom stereocenters. The number of nitrogens with one attached hydrogen (secondary N) is 1. The summed E-state index contributed by atoms with van der Waals surface area (Å²) in [6.45, 7) is 4.37. The second kappa shape index (κ2) is 19.1. The maximum atomic E-state index is 15.3. The van der Waals surface area contributed by atoms with Gasteiger partial charge in [0, 0.05) is 86.7 Å². The Hall–Kier alpha value is -6.04. The zero-order valence-corrected chi connectivity index (χ0v) is 43.4. The average molecular weight is 1070 g/mol. The minimum Gasteiger partial charge on any atom is -0.507 e. The maximum Gasteiger partial charge on any atom is 0.407 e. The fourth-order valence-corrected chi connectivity index (χ4v) is 15.0. The smallest absolute Gasteiger partial charge is 0.407 e. The van der Waals surface area contributed by atoms with E-state index in [1.165, 1.54) is 19.2 Å². The highest BCUT2D eigenvalue weighted by molar-refractivity contribution is 6.31. The van der Waals surface area contributed by atoms with E-state index >= 15 is 4.79 Å². The van der Waals surface area contributed by atoms with Crippen molar-refractivity contribution in [1.82, 2.24) is 20.0 Å². The van der Waals surface area contributed by atoms with Crippen LogP contribution in [-0.2, 0) is 49.1 Å². The van der Waals surface area contributed by atoms with Gasteiger partial charge in [0.2, 0.25) is 5.78 Å². The van der Waals surface area contributed by atoms with E-state index in [0.29, 0.717) is 32.7 Å². The monoisotopic (exact) mass is 1070 g/mol. The van der Waals surface area contributed by atoms with Crippen molar-refractivity contribution in [1.29, 1.82) is 0 Å². The first kappa shape index (κ1) is 50.2. The Morgan fingerprint density at radius 3 is 2.26 bits per heavy atom. The highest BCUT2D eigenvalue weighted by Gasteiger charge is 2.59. The molecule has 78 heavy (non-hydrogen) atoms. The number of aliphatic hydroxyl groups is 1. The van der Waals surface area contributed by atoms with E-state index in [1.54, 1.807) is 18.1 Å². The van der Waals surface area contributed by atoms with Crippen molar-refractivity contribution >= 4 is 23.6 Å². The van der Waals surface area contributed by atoms with E-state index in [9.17, 15) is 29.7 Å². The number of phenols is 2. The lowest BCUT2D eigenvalue weighted by Crippen LogP contribution is -2.70. The molecule has 14 atom stereocenters. The molecule has 8 saturated heterocycles. The van der Waals surface area contributed by atoms with Gasteiger partial charge in [0.15, 0.2) is 24.6 Å². The first-order valence-electron chi connectivity index (χ1n) is 27.2. The van der Waals surface area contributed by atoms with Crippen LogP contribution in [0.25, 0.3) is 11.1 Å². The SMILES string of the molecule is COc1cccc2c1C(=O)c1c(O)c3c(c(O)c1C2=O)C[C@@](O)(C(=O)N1C[C@@H]2CCC1CN2[C@H]1CO[C@H]2[C@@H]1OC[C@@H]2NC(=O)OCC1c2ccccc2-c2ccccc21)C[C@@H]3O[C@H]1C[C@H]2[C@H](O[C@@H]3[C@@H](OC)OCCN32)[C@H](C)O1. The van der Waals surface area contributed by atoms with Crippen molar-refractivity contribution in [3.8, 4) is 28.4 Å². The maximum absolute atomic E-state index is 15.3. The second-order valence-corrected chi connectivity index (χ2v) is 22.5. The van der Waals surface area contributed by atoms with Crippen molar-refractivity contribution < 1.29 is 77.1 Å². The van der Waals surface area contributed by atoms with Crippen LogP contribution < -0.4 is 10.1 Å². The molecular formula is C58H62N4O16. The summed E-state index contributed by atoms with van der Waals surface area (Å²) in [4.78, 5) is 63.8. The quantitative estimate of drug-likeness (QED) is 0.153. The number of piperidine rings is 2. The fraction of sp³-hybridized carbons (Fsp3) is 0.517. The highest BCUT2D eigenvalue weighted by Crippen LogP contribution is 2.54. The number of benzene rings is 4. The molecule has 8 fully saturated rings. The number of carbonyl (C=O) groups excluding carboxylic acids is 4. The molecule has 2 amide bonds. The number of hydrogen-bond donors (Lipinski definition) is 4. The Kier molecular flexibility index (Phi) is 12.3. The minimum absolute atomic E-state index is 0.0157. The molecule has 3 aliphatic carbocycles. The zero-order valence-electron chi connectivity index (χ0n) is 43.4. The standard InChI is InChI=1S/C58H62N4O16/c1-27-51-38(60-17-18-72-55(71-3)54(60)78-51)19-42(76-27)77-41-21-58(69,20-35-44(41)50(66)46-45(48(35)64)47(63)34-13-8-14-40(70-2)43(34)49(46)65)56(67)62-23-28-15-16-29(62)22-61(28)39-26-74-52-37(25-73-53(39)52)59-57(68)75-24-36-32-11-6-4-9-30(32)31-10-5-7-12-33(31)36/h4-14,27-29,36-39,41-42,51-55,64,66,69H,15-26H2,1-3H3,(H,59,68)/t27-,28-,29?,37-,38-,39-,41-,42-,51+,52+,53+,54+,55-,58-/m0/s1. The Morgan fingerprint density at radius 2 is 1.51 bits per heavy atom. The molecule has 0 radical (unpaired) electrons. The molecular weight excluding hydrogens is 1010 g/mol. The minimum atomic E-state index is -2.21. The summed E-state index contributed by atoms with van der Waals surface area (Å²) in [6, 6.07) is 19.7. The molecule has 20 nitrogen and oxygen atoms in total. The number of nitrogens with zero attached hydrogens (tertiary/aromatic N) is 3. The Balaban J connectivity index is 0.699. The summed E-state index contributed by atoms with van der Waals surface area (Å²) in [5, 5.41) is 40.7. The number of piperazine rings is 1. The number of methoxy groups -OCH3 is 2. The van der Waals surface area contributed by atoms with Gasteiger partial charge in [0.1, 0.15) is 47.8 Å². The Morgan fingerprint density at radius 1 is 0.782 bits per heavy atom. The van der Waals surface area contributed by atoms with E-state index in [-0.39, 0.29) is 103 Å². The highest BCUT2D eigenvalue weighted by atomic mass is 16.7. The first-order chi connectivity index (χ1) is 37.8. The average Bonchev–Trinajstić information content (AvgIpc) is 4.37. The number of ether oxygens (including phenoxy) is 9. The largest absolute Gasteiger partial charge is 0.507 e. The van der Waals surface area contributed by atoms with Gasteiger partial charge in [-0.15, -0.1) is 0 Å². The number of amides is 2. The summed E-state index contributed by atoms with van der Waals surface area (Å²) in [7, 11) is 2.93. The molecule has 4 N–H and O–H groups in total. The molecule has 4 aromatic carbocycles. The summed E-state index contributed by atoms with van der Waals surface area (Å²) >= 11 is 0. The van der Waals surface area contributed by atoms with Crippen LogP contribution in [0.3, 0.4) is 0 Å². The fourth-order valence-electron chi connectivity index (χ4n) is 15.0. The number of phenolic OH excluding ortho intramolecular Hbond substituents is 2. The number of carbonyl (C=O) groups is 4. The first-order valence-corrected chi connectivity index (χ1v) is 27.2. The third-order valence-corrected chi connectivity index (χ3v) is 18.5. The van der Waals surface area contributed by atoms with Crippen LogP contribution in [0.15, 0.2) is 66.7 Å². The lowest BCUT2D eigenvalue weighted by Gasteiger charge is -2.55. The van der Waals surface area contributed by atoms with Crippen LogP contribution in [0.5, 0.6) is 17.2 Å². The van der Waals surface area contributed by atoms with Gasteiger partial charge in [-0.05, 0) is 48.1 Å². The normalized spacial score (nSPS) is 34.5. The van der Waals surface area contributed by atoms with Crippen LogP contribution in [0.4, 0.5) is 4.79 Å². The number of hydrogen-bond acceptors (Lipinski definition) is 18. The van der Waals surface area contributed by atoms with Crippen molar-refractivity contribution in [3.63, 3.8) is 0 Å². The number of aromatic hydroxyl groups is 2. The number of ketones is 2. The predicted octanol–water partition coefficient (Wildman–Crippen LogP) is 3.90. The zero-order chi connectivity index (χ0) is 53.5. The Labute approximate surface area is 449 Å². The number of fused-ring (bicyclic) bond motifs is 13. The van der Waals surface area contributed by atoms with Gasteiger partial charge < -0.3 is 68.2 Å². The van der Waals surface area contributed by atoms with Gasteiger partial charge >= 0.3 is 6.09 Å². The molecule has 0 saturated carbocycles. The summed E-state index contributed by atoms with van der Waals surface area (Å²) in [5.41, 5.74) is 1.31. The molecule has 15 rings (SSSR count). The molecule has 410 valence electrons. The lowest BCUT2D eigenvalue weighted by molar-refractivity contribution is -0.256. The van der Waals surface area contributed by atoms with Crippen molar-refractivity contribution in [3.05, 3.63) is 111 Å². The predicted molar refractivity (Wildman–Crippen MR) is 272 cm³/mol. The van der Waals surface area contributed by atoms with Crippen LogP contribution in [0.2, 0.25) is 0 Å². The molecule has 20 heteroatoms. The van der Waals surface area contributed by atoms with Crippen molar-refractivity contribution in [2.75, 3.05) is 60.3 Å². The van der Waals surface area contributed by atoms with E-state index in [2.05, 4.69) is 39.4 Å². The molecule has 0 aromatic heterocycles. The van der Waals surface area contributed by atoms with E-state index < -0.39 is 101 Å². The molecule has 8 aliphatic heterocycles. The molecule has 8 heterocycles. The van der Waals surface area contributed by atoms with E-state index in [4.69, 9.17) is 42.6 Å². The second-order valence-electron chi connectivity index (χ2n) is 22.5. The van der Waals surface area contributed by atoms with Crippen LogP contribution in [-0.4, -0.2) is 193 Å². The van der Waals surface area contributed by atoms with E-state index in [1.807, 2.05) is 31.2 Å². The molecule has 0 spiro atoms. The van der Waals surface area contributed by atoms with Crippen LogP contribution in [0, 0.1) is 0 Å². The third-order valence-electron chi connectivity index (χ3n) is 18.5. The Bertz CT molecular complexity index is 3090. The van der Waals surface area contributed by atoms with Gasteiger partial charge in [-0.1, -0.05) is 60.7 Å². The van der Waals surface area contributed by atoms with Crippen LogP contribution in [0.1, 0.15) is 98.7 Å². The number of alkyl carbamates (subject to hydrolysis) is 1. The van der Waals surface area contributed by atoms with Gasteiger partial charge in [-0.2, -0.15) is 0 Å². The van der Waals surface area contributed by atoms with Crippen molar-refractivity contribution in [2.24, 2.45) is 0 Å². The van der Waals surface area contributed by atoms with Gasteiger partial charge in [0.25, 0.3) is 5.91 Å². The number of rotatable bonds is 9.